The molecule has 0 aliphatic rings. The summed E-state index contributed by atoms with van der Waals surface area (Å²) >= 11 is 0. The van der Waals surface area contributed by atoms with Crippen LogP contribution < -0.4 is 0 Å². The number of fused-ring (bicyclic) bond motifs is 10. The topological polar surface area (TPSA) is 70.1 Å². The Kier molecular flexibility index (Phi) is 11.0. The molecule has 72 heavy (non-hydrogen) atoms. The average Bonchev–Trinajstić information content (AvgIpc) is 4.19. The molecule has 7 heteroatoms. The van der Waals surface area contributed by atoms with Crippen LogP contribution in [0, 0.1) is 19.0 Å². The van der Waals surface area contributed by atoms with Crippen molar-refractivity contribution >= 4 is 76.7 Å². The Morgan fingerprint density at radius 2 is 1.28 bits per heavy atom. The first-order valence-electron chi connectivity index (χ1n) is 25.8. The van der Waals surface area contributed by atoms with Gasteiger partial charge in [0, 0.05) is 68.6 Å². The Morgan fingerprint density at radius 1 is 0.597 bits per heavy atom. The van der Waals surface area contributed by atoms with Gasteiger partial charge in [-0.15, -0.1) is 54.1 Å². The molecule has 0 amide bonds. The third kappa shape index (κ3) is 8.02. The van der Waals surface area contributed by atoms with Crippen LogP contribution in [0.25, 0.3) is 116 Å². The van der Waals surface area contributed by atoms with Crippen LogP contribution in [-0.2, 0) is 25.5 Å². The quantitative estimate of drug-likeness (QED) is 0.155. The summed E-state index contributed by atoms with van der Waals surface area (Å²) in [7, 11) is 0. The van der Waals surface area contributed by atoms with Gasteiger partial charge in [-0.05, 0) is 106 Å². The number of aryl methyl sites for hydroxylation is 1. The first-order chi connectivity index (χ1) is 35.6. The zero-order chi connectivity index (χ0) is 51.2. The molecule has 0 aliphatic heterocycles. The molecule has 0 N–H and O–H groups in total. The molecule has 1 radical (unpaired) electrons. The van der Waals surface area contributed by atoms with Crippen molar-refractivity contribution in [1.29, 1.82) is 0 Å². The smallest absolute Gasteiger partial charge is 0.136 e. The molecule has 0 bridgehead atoms. The van der Waals surface area contributed by atoms with Crippen LogP contribution in [0.3, 0.4) is 0 Å². The van der Waals surface area contributed by atoms with Crippen LogP contribution in [0.4, 0.5) is 0 Å². The molecule has 5 heterocycles. The summed E-state index contributed by atoms with van der Waals surface area (Å²) in [6.45, 7) is 13.0. The fourth-order valence-corrected chi connectivity index (χ4v) is 10.2. The van der Waals surface area contributed by atoms with Crippen molar-refractivity contribution in [2.75, 3.05) is 0 Å². The van der Waals surface area contributed by atoms with E-state index in [1.165, 1.54) is 17.3 Å². The summed E-state index contributed by atoms with van der Waals surface area (Å²) in [4.78, 5) is 9.76. The van der Waals surface area contributed by atoms with E-state index in [2.05, 4.69) is 140 Å². The maximum atomic E-state index is 7.65. The molecule has 0 unspecified atom stereocenters. The number of hydrogen-bond donors (Lipinski definition) is 0. The third-order valence-corrected chi connectivity index (χ3v) is 13.7. The van der Waals surface area contributed by atoms with Gasteiger partial charge < -0.3 is 22.8 Å². The van der Waals surface area contributed by atoms with Crippen molar-refractivity contribution in [3.8, 4) is 39.7 Å². The van der Waals surface area contributed by atoms with Gasteiger partial charge in [-0.25, -0.2) is 0 Å². The number of furan rings is 3. The summed E-state index contributed by atoms with van der Waals surface area (Å²) < 4.78 is 45.0. The van der Waals surface area contributed by atoms with Crippen LogP contribution in [0.5, 0.6) is 0 Å². The molecule has 6 nitrogen and oxygen atoms in total. The van der Waals surface area contributed by atoms with Crippen molar-refractivity contribution in [2.24, 2.45) is 0 Å². The van der Waals surface area contributed by atoms with Crippen LogP contribution >= 0.6 is 0 Å². The molecule has 0 fully saturated rings. The molecule has 13 rings (SSSR count). The van der Waals surface area contributed by atoms with E-state index in [1.807, 2.05) is 87.5 Å². The fourth-order valence-electron chi connectivity index (χ4n) is 10.2. The van der Waals surface area contributed by atoms with Gasteiger partial charge >= 0.3 is 0 Å². The van der Waals surface area contributed by atoms with E-state index in [0.717, 1.165) is 122 Å². The fraction of sp³-hybridized carbons (Fsp3) is 0.169. The monoisotopic (exact) mass is 1120 g/mol. The van der Waals surface area contributed by atoms with E-state index < -0.39 is 6.85 Å². The van der Waals surface area contributed by atoms with Gasteiger partial charge in [0.15, 0.2) is 0 Å². The van der Waals surface area contributed by atoms with Crippen molar-refractivity contribution in [3.05, 3.63) is 198 Å². The Labute approximate surface area is 436 Å². The minimum atomic E-state index is -2.14. The minimum Gasteiger partial charge on any atom is -0.501 e. The first-order valence-corrected chi connectivity index (χ1v) is 24.3. The van der Waals surface area contributed by atoms with Gasteiger partial charge in [-0.3, -0.25) is 4.98 Å². The number of pyridine rings is 1. The second-order valence-electron chi connectivity index (χ2n) is 20.2. The number of benzene rings is 8. The standard InChI is InChI=1S/C49H35N2O3.C16H18N.Ir/c1-27(2)36-22-31(43-24-30-13-6-9-18-41(30)52-43)23-37(28(3)4)46(36)51-47-32-14-7-5-12-29(32)20-21-40(47)50-49(51)35-17-11-16-34-39-26-44-38(25-45(39)54-48(34)35)33-15-8-10-19-42(33)53-44;1-12-11-17-15(10-14(12)16(2,3)4)13-8-6-5-7-9-13;/h5-16,18-28H,1-4H3;5-8,10-11H,1-4H3;/q2*-1;/i;1D3;. The van der Waals surface area contributed by atoms with Gasteiger partial charge in [0.1, 0.15) is 28.1 Å². The summed E-state index contributed by atoms with van der Waals surface area (Å²) in [6.07, 6.45) is 1.48. The number of nitrogens with zero attached hydrogens (tertiary/aromatic N) is 3. The average molecular weight is 1120 g/mol. The van der Waals surface area contributed by atoms with E-state index in [9.17, 15) is 0 Å². The Hall–Kier alpha value is -7.57. The molecular weight excluding hydrogens is 1060 g/mol. The predicted octanol–water partition coefficient (Wildman–Crippen LogP) is 18.3. The van der Waals surface area contributed by atoms with Gasteiger partial charge in [0.25, 0.3) is 0 Å². The van der Waals surface area contributed by atoms with Crippen molar-refractivity contribution < 1.29 is 37.5 Å². The van der Waals surface area contributed by atoms with E-state index in [-0.39, 0.29) is 37.4 Å². The SMILES string of the molecule is CC(C)c1cc(-c2cc3ccccc3o2)cc(C(C)C)c1-n1c(-c2[c-]ccc3c2oc2cc4c(cc23)oc2ccccc24)nc2ccc3ccccc3c21.[2H]C([2H])([2H])c1cnc(-c2[c-]cccc2)cc1C(C)(C)C.[Ir]. The Bertz CT molecular complexity index is 4240. The summed E-state index contributed by atoms with van der Waals surface area (Å²) in [6, 6.07) is 60.5. The molecule has 8 aromatic carbocycles. The maximum Gasteiger partial charge on any atom is 0.136 e. The Morgan fingerprint density at radius 3 is 1.99 bits per heavy atom. The second kappa shape index (κ2) is 18.2. The molecule has 0 atom stereocenters. The maximum absolute atomic E-state index is 7.65. The zero-order valence-corrected chi connectivity index (χ0v) is 43.5. The van der Waals surface area contributed by atoms with E-state index in [1.54, 1.807) is 0 Å². The number of rotatable bonds is 6. The normalized spacial score (nSPS) is 12.8. The number of aromatic nitrogens is 3. The van der Waals surface area contributed by atoms with Gasteiger partial charge in [-0.1, -0.05) is 132 Å². The van der Waals surface area contributed by atoms with Crippen LogP contribution in [0.1, 0.15) is 86.7 Å². The molecule has 0 spiro atoms. The number of imidazole rings is 1. The van der Waals surface area contributed by atoms with Crippen LogP contribution in [0.15, 0.2) is 177 Å². The number of hydrogen-bond acceptors (Lipinski definition) is 5. The van der Waals surface area contributed by atoms with Crippen molar-refractivity contribution in [1.82, 2.24) is 14.5 Å². The minimum absolute atomic E-state index is 0. The first kappa shape index (κ1) is 43.2. The van der Waals surface area contributed by atoms with Gasteiger partial charge in [-0.2, -0.15) is 0 Å². The van der Waals surface area contributed by atoms with Crippen LogP contribution in [-0.4, -0.2) is 14.5 Å². The van der Waals surface area contributed by atoms with E-state index >= 15 is 0 Å². The van der Waals surface area contributed by atoms with E-state index in [0.29, 0.717) is 5.56 Å². The number of para-hydroxylation sites is 2. The summed E-state index contributed by atoms with van der Waals surface area (Å²) in [5, 5.41) is 7.51. The molecular formula is C65H53IrN3O3-2. The predicted molar refractivity (Wildman–Crippen MR) is 293 cm³/mol. The molecule has 357 valence electrons. The van der Waals surface area contributed by atoms with Crippen molar-refractivity contribution in [2.45, 2.75) is 72.6 Å². The zero-order valence-electron chi connectivity index (χ0n) is 44.1. The molecule has 0 saturated heterocycles. The van der Waals surface area contributed by atoms with Crippen LogP contribution in [0.2, 0.25) is 0 Å². The Balaban J connectivity index is 0.000000243. The molecule has 0 saturated carbocycles. The van der Waals surface area contributed by atoms with Gasteiger partial charge in [0.05, 0.1) is 22.4 Å². The molecule has 0 aliphatic carbocycles. The summed E-state index contributed by atoms with van der Waals surface area (Å²) in [5.74, 6) is 2.05. The molecule has 13 aromatic rings. The third-order valence-electron chi connectivity index (χ3n) is 13.7. The summed E-state index contributed by atoms with van der Waals surface area (Å²) in [5.41, 5.74) is 14.1. The van der Waals surface area contributed by atoms with Crippen molar-refractivity contribution in [3.63, 3.8) is 0 Å². The van der Waals surface area contributed by atoms with Gasteiger partial charge in [0.2, 0.25) is 0 Å². The van der Waals surface area contributed by atoms with E-state index in [4.69, 9.17) is 22.3 Å². The largest absolute Gasteiger partial charge is 0.501 e. The second-order valence-corrected chi connectivity index (χ2v) is 20.2. The molecule has 5 aromatic heterocycles.